The molecule has 1 N–H and O–H groups in total. The largest absolute Gasteiger partial charge is 0.310 e. The quantitative estimate of drug-likeness (QED) is 0.887. The summed E-state index contributed by atoms with van der Waals surface area (Å²) < 4.78 is 2.04. The highest BCUT2D eigenvalue weighted by Crippen LogP contribution is 2.39. The average Bonchev–Trinajstić information content (AvgIpc) is 3.37. The average molecular weight is 253 g/mol. The van der Waals surface area contributed by atoms with Crippen molar-refractivity contribution in [3.63, 3.8) is 0 Å². The van der Waals surface area contributed by atoms with Gasteiger partial charge in [-0.2, -0.15) is 5.10 Å². The van der Waals surface area contributed by atoms with E-state index in [0.717, 1.165) is 18.5 Å². The van der Waals surface area contributed by atoms with E-state index in [1.54, 1.807) is 0 Å². The Hall–Kier alpha value is -1.61. The smallest absolute Gasteiger partial charge is 0.0690 e. The standard InChI is InChI=1S/C16H19N3/c1-2-4-16(13(3-1)11-17-14-7-8-14)19-10-9-15(18-19)12-5-6-12/h1-4,9-10,12,14,17H,5-8,11H2. The molecule has 1 heterocycles. The van der Waals surface area contributed by atoms with Gasteiger partial charge in [0.2, 0.25) is 0 Å². The van der Waals surface area contributed by atoms with Crippen molar-refractivity contribution in [1.29, 1.82) is 0 Å². The first-order valence-electron chi connectivity index (χ1n) is 7.27. The van der Waals surface area contributed by atoms with Crippen LogP contribution in [-0.4, -0.2) is 15.8 Å². The third kappa shape index (κ3) is 2.43. The number of hydrogen-bond acceptors (Lipinski definition) is 2. The number of nitrogens with one attached hydrogen (secondary N) is 1. The second-order valence-electron chi connectivity index (χ2n) is 5.74. The van der Waals surface area contributed by atoms with Gasteiger partial charge in [-0.1, -0.05) is 18.2 Å². The summed E-state index contributed by atoms with van der Waals surface area (Å²) in [5, 5.41) is 8.32. The number of rotatable bonds is 5. The van der Waals surface area contributed by atoms with E-state index in [2.05, 4.69) is 41.8 Å². The lowest BCUT2D eigenvalue weighted by atomic mass is 10.2. The molecular weight excluding hydrogens is 234 g/mol. The Morgan fingerprint density at radius 1 is 1.11 bits per heavy atom. The fraction of sp³-hybridized carbons (Fsp3) is 0.438. The van der Waals surface area contributed by atoms with Crippen LogP contribution in [0.2, 0.25) is 0 Å². The Morgan fingerprint density at radius 2 is 1.95 bits per heavy atom. The second kappa shape index (κ2) is 4.49. The Bertz CT molecular complexity index is 579. The van der Waals surface area contributed by atoms with Crippen molar-refractivity contribution in [2.75, 3.05) is 0 Å². The van der Waals surface area contributed by atoms with Crippen molar-refractivity contribution in [2.45, 2.75) is 44.2 Å². The summed E-state index contributed by atoms with van der Waals surface area (Å²) >= 11 is 0. The number of aromatic nitrogens is 2. The number of nitrogens with zero attached hydrogens (tertiary/aromatic N) is 2. The van der Waals surface area contributed by atoms with Crippen molar-refractivity contribution in [3.8, 4) is 5.69 Å². The Balaban J connectivity index is 1.60. The molecule has 2 aliphatic rings. The highest BCUT2D eigenvalue weighted by Gasteiger charge is 2.26. The minimum atomic E-state index is 0.720. The Kier molecular flexibility index (Phi) is 2.66. The highest BCUT2D eigenvalue weighted by molar-refractivity contribution is 5.40. The summed E-state index contributed by atoms with van der Waals surface area (Å²) in [6.45, 7) is 0.944. The second-order valence-corrected chi connectivity index (χ2v) is 5.74. The van der Waals surface area contributed by atoms with E-state index in [1.807, 2.05) is 4.68 Å². The lowest BCUT2D eigenvalue weighted by Gasteiger charge is -2.10. The molecule has 2 fully saturated rings. The van der Waals surface area contributed by atoms with Gasteiger partial charge in [-0.05, 0) is 43.4 Å². The SMILES string of the molecule is c1ccc(-n2ccc(C3CC3)n2)c(CNC2CC2)c1. The van der Waals surface area contributed by atoms with Gasteiger partial charge in [0, 0.05) is 24.7 Å². The first kappa shape index (κ1) is 11.2. The lowest BCUT2D eigenvalue weighted by Crippen LogP contribution is -2.17. The predicted molar refractivity (Wildman–Crippen MR) is 75.4 cm³/mol. The maximum atomic E-state index is 4.73. The van der Waals surface area contributed by atoms with E-state index < -0.39 is 0 Å². The molecule has 2 aromatic rings. The van der Waals surface area contributed by atoms with Gasteiger partial charge in [-0.3, -0.25) is 0 Å². The molecule has 2 saturated carbocycles. The third-order valence-corrected chi connectivity index (χ3v) is 4.00. The summed E-state index contributed by atoms with van der Waals surface area (Å²) in [5.74, 6) is 0.720. The third-order valence-electron chi connectivity index (χ3n) is 4.00. The topological polar surface area (TPSA) is 29.9 Å². The van der Waals surface area contributed by atoms with E-state index in [0.29, 0.717) is 0 Å². The first-order valence-corrected chi connectivity index (χ1v) is 7.27. The molecule has 3 heteroatoms. The highest BCUT2D eigenvalue weighted by atomic mass is 15.3. The van der Waals surface area contributed by atoms with Crippen molar-refractivity contribution < 1.29 is 0 Å². The Labute approximate surface area is 113 Å². The lowest BCUT2D eigenvalue weighted by molar-refractivity contribution is 0.680. The van der Waals surface area contributed by atoms with E-state index >= 15 is 0 Å². The van der Waals surface area contributed by atoms with Crippen LogP contribution in [0.15, 0.2) is 36.5 Å². The molecule has 4 rings (SSSR count). The molecule has 0 atom stereocenters. The molecule has 98 valence electrons. The van der Waals surface area contributed by atoms with Crippen LogP contribution in [0.25, 0.3) is 5.69 Å². The number of para-hydroxylation sites is 1. The van der Waals surface area contributed by atoms with E-state index in [9.17, 15) is 0 Å². The normalized spacial score (nSPS) is 18.7. The van der Waals surface area contributed by atoms with E-state index in [4.69, 9.17) is 5.10 Å². The van der Waals surface area contributed by atoms with Crippen molar-refractivity contribution in [3.05, 3.63) is 47.8 Å². The van der Waals surface area contributed by atoms with Crippen LogP contribution < -0.4 is 5.32 Å². The summed E-state index contributed by atoms with van der Waals surface area (Å²) in [4.78, 5) is 0. The summed E-state index contributed by atoms with van der Waals surface area (Å²) in [6.07, 6.45) is 7.37. The molecule has 0 radical (unpaired) electrons. The van der Waals surface area contributed by atoms with Gasteiger partial charge in [-0.15, -0.1) is 0 Å². The molecule has 0 bridgehead atoms. The first-order chi connectivity index (χ1) is 9.40. The molecule has 1 aromatic carbocycles. The molecule has 0 spiro atoms. The monoisotopic (exact) mass is 253 g/mol. The molecule has 0 aliphatic heterocycles. The minimum absolute atomic E-state index is 0.720. The van der Waals surface area contributed by atoms with Crippen LogP contribution in [0, 0.1) is 0 Å². The van der Waals surface area contributed by atoms with Crippen LogP contribution in [0.4, 0.5) is 0 Å². The van der Waals surface area contributed by atoms with Crippen molar-refractivity contribution in [2.24, 2.45) is 0 Å². The van der Waals surface area contributed by atoms with Gasteiger partial charge in [-0.25, -0.2) is 4.68 Å². The predicted octanol–water partition coefficient (Wildman–Crippen LogP) is 3.00. The zero-order chi connectivity index (χ0) is 12.7. The van der Waals surface area contributed by atoms with Crippen LogP contribution in [0.1, 0.15) is 42.9 Å². The molecule has 0 amide bonds. The van der Waals surface area contributed by atoms with Gasteiger partial charge in [0.05, 0.1) is 11.4 Å². The van der Waals surface area contributed by atoms with E-state index in [-0.39, 0.29) is 0 Å². The van der Waals surface area contributed by atoms with Crippen molar-refractivity contribution in [1.82, 2.24) is 15.1 Å². The maximum Gasteiger partial charge on any atom is 0.0690 e. The molecule has 3 nitrogen and oxygen atoms in total. The fourth-order valence-electron chi connectivity index (χ4n) is 2.49. The van der Waals surface area contributed by atoms with Crippen LogP contribution in [-0.2, 0) is 6.54 Å². The zero-order valence-electron chi connectivity index (χ0n) is 11.0. The van der Waals surface area contributed by atoms with Gasteiger partial charge in [0.15, 0.2) is 0 Å². The fourth-order valence-corrected chi connectivity index (χ4v) is 2.49. The van der Waals surface area contributed by atoms with Crippen molar-refractivity contribution >= 4 is 0 Å². The van der Waals surface area contributed by atoms with Gasteiger partial charge in [0.25, 0.3) is 0 Å². The molecular formula is C16H19N3. The Morgan fingerprint density at radius 3 is 2.74 bits per heavy atom. The minimum Gasteiger partial charge on any atom is -0.310 e. The van der Waals surface area contributed by atoms with E-state index in [1.165, 1.54) is 42.6 Å². The molecule has 0 saturated heterocycles. The maximum absolute atomic E-state index is 4.73. The van der Waals surface area contributed by atoms with Crippen LogP contribution in [0.5, 0.6) is 0 Å². The number of hydrogen-bond donors (Lipinski definition) is 1. The summed E-state index contributed by atoms with van der Waals surface area (Å²) in [6, 6.07) is 11.5. The summed E-state index contributed by atoms with van der Waals surface area (Å²) in [5.41, 5.74) is 3.80. The van der Waals surface area contributed by atoms with Crippen LogP contribution >= 0.6 is 0 Å². The van der Waals surface area contributed by atoms with Gasteiger partial charge in [0.1, 0.15) is 0 Å². The zero-order valence-corrected chi connectivity index (χ0v) is 11.0. The van der Waals surface area contributed by atoms with Gasteiger partial charge >= 0.3 is 0 Å². The number of benzene rings is 1. The molecule has 0 unspecified atom stereocenters. The van der Waals surface area contributed by atoms with Gasteiger partial charge < -0.3 is 5.32 Å². The summed E-state index contributed by atoms with van der Waals surface area (Å²) in [7, 11) is 0. The molecule has 19 heavy (non-hydrogen) atoms. The molecule has 1 aromatic heterocycles. The van der Waals surface area contributed by atoms with Crippen LogP contribution in [0.3, 0.4) is 0 Å². The molecule has 2 aliphatic carbocycles.